The Hall–Kier alpha value is -0.120. The highest BCUT2D eigenvalue weighted by Gasteiger charge is 2.20. The molecule has 0 heterocycles. The Morgan fingerprint density at radius 2 is 1.73 bits per heavy atom. The van der Waals surface area contributed by atoms with Crippen LogP contribution in [-0.2, 0) is 0 Å². The molecule has 3 nitrogen and oxygen atoms in total. The summed E-state index contributed by atoms with van der Waals surface area (Å²) in [4.78, 5) is 2.01. The lowest BCUT2D eigenvalue weighted by molar-refractivity contribution is 0.0605. The van der Waals surface area contributed by atoms with E-state index in [0.717, 1.165) is 0 Å². The molecule has 0 saturated heterocycles. The number of likely N-dealkylation sites (N-methyl/N-ethyl adjacent to an activating group) is 2. The number of aliphatic hydroxyl groups is 1. The van der Waals surface area contributed by atoms with Crippen LogP contribution in [0.15, 0.2) is 0 Å². The maximum atomic E-state index is 9.65. The molecule has 0 bridgehead atoms. The number of hydrogen-bond acceptors (Lipinski definition) is 3. The number of rotatable bonds is 4. The Morgan fingerprint density at radius 1 is 1.27 bits per heavy atom. The average Bonchev–Trinajstić information content (AvgIpc) is 2.00. The number of aliphatic hydroxyl groups excluding tert-OH is 1. The van der Waals surface area contributed by atoms with Crippen LogP contribution in [0.1, 0.15) is 13.8 Å². The highest BCUT2D eigenvalue weighted by molar-refractivity contribution is 4.78. The van der Waals surface area contributed by atoms with E-state index in [4.69, 9.17) is 0 Å². The van der Waals surface area contributed by atoms with E-state index in [1.165, 1.54) is 0 Å². The third kappa shape index (κ3) is 3.18. The van der Waals surface area contributed by atoms with Crippen LogP contribution in [0.25, 0.3) is 0 Å². The van der Waals surface area contributed by atoms with Crippen molar-refractivity contribution in [3.05, 3.63) is 0 Å². The van der Waals surface area contributed by atoms with Crippen LogP contribution in [0.5, 0.6) is 0 Å². The van der Waals surface area contributed by atoms with Gasteiger partial charge in [-0.25, -0.2) is 0 Å². The first-order valence-corrected chi connectivity index (χ1v) is 4.02. The first-order chi connectivity index (χ1) is 5.00. The molecular weight excluding hydrogens is 140 g/mol. The molecule has 0 amide bonds. The molecule has 0 rings (SSSR count). The topological polar surface area (TPSA) is 35.5 Å². The lowest BCUT2D eigenvalue weighted by Crippen LogP contribution is -2.47. The minimum Gasteiger partial charge on any atom is -0.390 e. The summed E-state index contributed by atoms with van der Waals surface area (Å²) >= 11 is 0. The van der Waals surface area contributed by atoms with Crippen molar-refractivity contribution in [1.29, 1.82) is 0 Å². The fraction of sp³-hybridized carbons (Fsp3) is 1.00. The maximum Gasteiger partial charge on any atom is 0.0842 e. The van der Waals surface area contributed by atoms with Crippen molar-refractivity contribution in [3.8, 4) is 0 Å². The van der Waals surface area contributed by atoms with E-state index < -0.39 is 0 Å². The highest BCUT2D eigenvalue weighted by atomic mass is 16.3. The van der Waals surface area contributed by atoms with Gasteiger partial charge in [0.2, 0.25) is 0 Å². The van der Waals surface area contributed by atoms with Gasteiger partial charge in [0.25, 0.3) is 0 Å². The fourth-order valence-electron chi connectivity index (χ4n) is 0.894. The SMILES string of the molecule is CNC(C)C(O)C(C)N(C)C. The molecule has 0 fully saturated rings. The lowest BCUT2D eigenvalue weighted by atomic mass is 10.1. The zero-order valence-electron chi connectivity index (χ0n) is 8.13. The molecule has 11 heavy (non-hydrogen) atoms. The van der Waals surface area contributed by atoms with Crippen LogP contribution in [0.4, 0.5) is 0 Å². The first-order valence-electron chi connectivity index (χ1n) is 4.02. The van der Waals surface area contributed by atoms with Crippen molar-refractivity contribution in [2.75, 3.05) is 21.1 Å². The van der Waals surface area contributed by atoms with Gasteiger partial charge in [-0.1, -0.05) is 0 Å². The van der Waals surface area contributed by atoms with Crippen molar-refractivity contribution < 1.29 is 5.11 Å². The largest absolute Gasteiger partial charge is 0.390 e. The Balaban J connectivity index is 3.90. The van der Waals surface area contributed by atoms with E-state index in [9.17, 15) is 5.11 Å². The molecular formula is C8H20N2O. The van der Waals surface area contributed by atoms with Gasteiger partial charge in [0.05, 0.1) is 6.10 Å². The molecule has 0 aliphatic heterocycles. The van der Waals surface area contributed by atoms with Crippen molar-refractivity contribution >= 4 is 0 Å². The molecule has 0 spiro atoms. The normalized spacial score (nSPS) is 19.9. The molecule has 0 aromatic heterocycles. The number of nitrogens with one attached hydrogen (secondary N) is 1. The predicted molar refractivity (Wildman–Crippen MR) is 47.7 cm³/mol. The second kappa shape index (κ2) is 4.70. The molecule has 0 radical (unpaired) electrons. The van der Waals surface area contributed by atoms with Gasteiger partial charge in [0.1, 0.15) is 0 Å². The van der Waals surface area contributed by atoms with Gasteiger partial charge in [-0.2, -0.15) is 0 Å². The average molecular weight is 160 g/mol. The fourth-order valence-corrected chi connectivity index (χ4v) is 0.894. The van der Waals surface area contributed by atoms with Gasteiger partial charge in [-0.05, 0) is 35.0 Å². The molecule has 0 aliphatic carbocycles. The van der Waals surface area contributed by atoms with Gasteiger partial charge >= 0.3 is 0 Å². The Morgan fingerprint density at radius 3 is 2.00 bits per heavy atom. The van der Waals surface area contributed by atoms with Crippen LogP contribution >= 0.6 is 0 Å². The third-order valence-electron chi connectivity index (χ3n) is 2.28. The summed E-state index contributed by atoms with van der Waals surface area (Å²) in [6.45, 7) is 3.99. The van der Waals surface area contributed by atoms with Crippen molar-refractivity contribution in [3.63, 3.8) is 0 Å². The van der Waals surface area contributed by atoms with E-state index >= 15 is 0 Å². The van der Waals surface area contributed by atoms with E-state index in [-0.39, 0.29) is 18.2 Å². The second-order valence-corrected chi connectivity index (χ2v) is 3.27. The predicted octanol–water partition coefficient (Wildman–Crippen LogP) is -0.0947. The molecule has 0 aromatic rings. The number of hydrogen-bond donors (Lipinski definition) is 2. The third-order valence-corrected chi connectivity index (χ3v) is 2.28. The quantitative estimate of drug-likeness (QED) is 0.603. The molecule has 0 aliphatic rings. The van der Waals surface area contributed by atoms with Gasteiger partial charge in [-0.15, -0.1) is 0 Å². The van der Waals surface area contributed by atoms with Crippen LogP contribution in [0, 0.1) is 0 Å². The highest BCUT2D eigenvalue weighted by Crippen LogP contribution is 2.03. The first kappa shape index (κ1) is 10.9. The zero-order chi connectivity index (χ0) is 9.02. The van der Waals surface area contributed by atoms with Crippen molar-refractivity contribution in [1.82, 2.24) is 10.2 Å². The summed E-state index contributed by atoms with van der Waals surface area (Å²) in [6, 6.07) is 0.338. The van der Waals surface area contributed by atoms with E-state index in [0.29, 0.717) is 0 Å². The monoisotopic (exact) mass is 160 g/mol. The van der Waals surface area contributed by atoms with Crippen LogP contribution in [-0.4, -0.2) is 49.3 Å². The standard InChI is InChI=1S/C8H20N2O/c1-6(9-3)8(11)7(2)10(4)5/h6-9,11H,1-5H3. The summed E-state index contributed by atoms with van der Waals surface area (Å²) < 4.78 is 0. The van der Waals surface area contributed by atoms with E-state index in [1.807, 2.05) is 39.9 Å². The molecule has 68 valence electrons. The van der Waals surface area contributed by atoms with E-state index in [1.54, 1.807) is 0 Å². The number of nitrogens with zero attached hydrogens (tertiary/aromatic N) is 1. The second-order valence-electron chi connectivity index (χ2n) is 3.27. The summed E-state index contributed by atoms with van der Waals surface area (Å²) in [5.74, 6) is 0. The minimum absolute atomic E-state index is 0.146. The smallest absolute Gasteiger partial charge is 0.0842 e. The molecule has 3 heteroatoms. The zero-order valence-corrected chi connectivity index (χ0v) is 8.13. The van der Waals surface area contributed by atoms with Gasteiger partial charge in [0.15, 0.2) is 0 Å². The van der Waals surface area contributed by atoms with Crippen molar-refractivity contribution in [2.45, 2.75) is 32.0 Å². The summed E-state index contributed by atoms with van der Waals surface area (Å²) in [7, 11) is 5.79. The molecule has 3 atom stereocenters. The van der Waals surface area contributed by atoms with E-state index in [2.05, 4.69) is 5.32 Å². The molecule has 2 N–H and O–H groups in total. The van der Waals surface area contributed by atoms with Gasteiger partial charge in [0, 0.05) is 12.1 Å². The molecule has 0 saturated carbocycles. The Labute approximate surface area is 69.4 Å². The summed E-state index contributed by atoms with van der Waals surface area (Å²) in [6.07, 6.45) is -0.310. The molecule has 0 aromatic carbocycles. The lowest BCUT2D eigenvalue weighted by Gasteiger charge is -2.29. The van der Waals surface area contributed by atoms with Crippen LogP contribution in [0.2, 0.25) is 0 Å². The van der Waals surface area contributed by atoms with Gasteiger partial charge < -0.3 is 15.3 Å². The summed E-state index contributed by atoms with van der Waals surface area (Å²) in [5, 5.41) is 12.7. The Bertz CT molecular complexity index is 106. The maximum absolute atomic E-state index is 9.65. The summed E-state index contributed by atoms with van der Waals surface area (Å²) in [5.41, 5.74) is 0. The van der Waals surface area contributed by atoms with Gasteiger partial charge in [-0.3, -0.25) is 0 Å². The molecule has 3 unspecified atom stereocenters. The van der Waals surface area contributed by atoms with Crippen LogP contribution in [0.3, 0.4) is 0 Å². The Kier molecular flexibility index (Phi) is 4.65. The minimum atomic E-state index is -0.310. The van der Waals surface area contributed by atoms with Crippen molar-refractivity contribution in [2.24, 2.45) is 0 Å². The van der Waals surface area contributed by atoms with Crippen LogP contribution < -0.4 is 5.32 Å².